The summed E-state index contributed by atoms with van der Waals surface area (Å²) in [6.07, 6.45) is 1.13. The Morgan fingerprint density at radius 2 is 1.95 bits per heavy atom. The van der Waals surface area contributed by atoms with Crippen molar-refractivity contribution in [3.05, 3.63) is 28.8 Å². The smallest absolute Gasteiger partial charge is 0.305 e. The fourth-order valence-electron chi connectivity index (χ4n) is 2.23. The zero-order valence-electron chi connectivity index (χ0n) is 12.4. The lowest BCUT2D eigenvalue weighted by molar-refractivity contribution is -0.140. The summed E-state index contributed by atoms with van der Waals surface area (Å²) >= 11 is 0. The van der Waals surface area contributed by atoms with E-state index in [1.807, 2.05) is 20.0 Å². The van der Waals surface area contributed by atoms with Crippen LogP contribution in [0, 0.1) is 13.8 Å². The van der Waals surface area contributed by atoms with Crippen LogP contribution in [0.3, 0.4) is 0 Å². The number of ether oxygens (including phenoxy) is 2. The molecule has 0 radical (unpaired) electrons. The van der Waals surface area contributed by atoms with Crippen LogP contribution in [0.4, 0.5) is 0 Å². The molecule has 0 aromatic heterocycles. The van der Waals surface area contributed by atoms with Gasteiger partial charge < -0.3 is 14.8 Å². The second kappa shape index (κ2) is 7.14. The predicted molar refractivity (Wildman–Crippen MR) is 75.5 cm³/mol. The molecule has 0 saturated carbocycles. The van der Waals surface area contributed by atoms with E-state index in [4.69, 9.17) is 4.74 Å². The van der Waals surface area contributed by atoms with Crippen molar-refractivity contribution in [2.75, 3.05) is 21.3 Å². The van der Waals surface area contributed by atoms with E-state index in [-0.39, 0.29) is 12.0 Å². The van der Waals surface area contributed by atoms with E-state index < -0.39 is 0 Å². The van der Waals surface area contributed by atoms with Gasteiger partial charge in [0.1, 0.15) is 5.75 Å². The van der Waals surface area contributed by atoms with Crippen molar-refractivity contribution >= 4 is 5.97 Å². The molecular weight excluding hydrogens is 242 g/mol. The van der Waals surface area contributed by atoms with Crippen LogP contribution in [0.2, 0.25) is 0 Å². The minimum Gasteiger partial charge on any atom is -0.496 e. The maximum atomic E-state index is 11.2. The molecule has 1 aromatic carbocycles. The van der Waals surface area contributed by atoms with Crippen molar-refractivity contribution in [1.82, 2.24) is 5.32 Å². The second-order valence-electron chi connectivity index (χ2n) is 4.63. The van der Waals surface area contributed by atoms with Gasteiger partial charge in [0.25, 0.3) is 0 Å². The molecule has 0 bridgehead atoms. The average Bonchev–Trinajstić information content (AvgIpc) is 2.42. The summed E-state index contributed by atoms with van der Waals surface area (Å²) in [7, 11) is 4.99. The highest BCUT2D eigenvalue weighted by atomic mass is 16.5. The normalized spacial score (nSPS) is 12.1. The van der Waals surface area contributed by atoms with Gasteiger partial charge >= 0.3 is 5.97 Å². The second-order valence-corrected chi connectivity index (χ2v) is 4.63. The molecule has 19 heavy (non-hydrogen) atoms. The Hall–Kier alpha value is -1.55. The lowest BCUT2D eigenvalue weighted by atomic mass is 9.95. The van der Waals surface area contributed by atoms with E-state index in [1.165, 1.54) is 12.7 Å². The Morgan fingerprint density at radius 1 is 1.26 bits per heavy atom. The molecule has 1 aromatic rings. The molecule has 1 atom stereocenters. The third-order valence-electron chi connectivity index (χ3n) is 3.37. The van der Waals surface area contributed by atoms with Crippen molar-refractivity contribution in [3.8, 4) is 5.75 Å². The van der Waals surface area contributed by atoms with Crippen molar-refractivity contribution < 1.29 is 14.3 Å². The van der Waals surface area contributed by atoms with Gasteiger partial charge in [-0.3, -0.25) is 4.79 Å². The molecule has 1 rings (SSSR count). The summed E-state index contributed by atoms with van der Waals surface area (Å²) in [4.78, 5) is 11.2. The predicted octanol–water partition coefficient (Wildman–Crippen LogP) is 2.53. The Morgan fingerprint density at radius 3 is 2.47 bits per heavy atom. The highest BCUT2D eigenvalue weighted by Crippen LogP contribution is 2.28. The van der Waals surface area contributed by atoms with E-state index in [9.17, 15) is 4.79 Å². The standard InChI is InChI=1S/C15H23NO3/c1-10-9-14(18-4)11(2)8-12(10)13(16-3)6-7-15(17)19-5/h8-9,13,16H,6-7H2,1-5H3. The maximum absolute atomic E-state index is 11.2. The van der Waals surface area contributed by atoms with Crippen LogP contribution < -0.4 is 10.1 Å². The number of carbonyl (C=O) groups excluding carboxylic acids is 1. The van der Waals surface area contributed by atoms with Gasteiger partial charge in [-0.05, 0) is 50.1 Å². The first-order valence-corrected chi connectivity index (χ1v) is 6.42. The summed E-state index contributed by atoms with van der Waals surface area (Å²) in [5.74, 6) is 0.715. The van der Waals surface area contributed by atoms with E-state index >= 15 is 0 Å². The fourth-order valence-corrected chi connectivity index (χ4v) is 2.23. The quantitative estimate of drug-likeness (QED) is 0.803. The molecule has 0 aliphatic carbocycles. The van der Waals surface area contributed by atoms with Crippen molar-refractivity contribution in [2.24, 2.45) is 0 Å². The lowest BCUT2D eigenvalue weighted by Crippen LogP contribution is -2.19. The SMILES string of the molecule is CNC(CCC(=O)OC)c1cc(C)c(OC)cc1C. The fraction of sp³-hybridized carbons (Fsp3) is 0.533. The maximum Gasteiger partial charge on any atom is 0.305 e. The number of benzene rings is 1. The number of aryl methyl sites for hydroxylation is 2. The van der Waals surface area contributed by atoms with Crippen LogP contribution in [0.25, 0.3) is 0 Å². The molecule has 4 nitrogen and oxygen atoms in total. The zero-order valence-corrected chi connectivity index (χ0v) is 12.4. The molecular formula is C15H23NO3. The average molecular weight is 265 g/mol. The summed E-state index contributed by atoms with van der Waals surface area (Å²) in [5, 5.41) is 3.25. The largest absolute Gasteiger partial charge is 0.496 e. The first-order valence-electron chi connectivity index (χ1n) is 6.42. The summed E-state index contributed by atoms with van der Waals surface area (Å²) < 4.78 is 10.00. The van der Waals surface area contributed by atoms with Crippen LogP contribution >= 0.6 is 0 Å². The van der Waals surface area contributed by atoms with Gasteiger partial charge in [-0.15, -0.1) is 0 Å². The Labute approximate surface area is 115 Å². The zero-order chi connectivity index (χ0) is 14.4. The topological polar surface area (TPSA) is 47.6 Å². The summed E-state index contributed by atoms with van der Waals surface area (Å²) in [6.45, 7) is 4.08. The first-order chi connectivity index (χ1) is 9.03. The highest BCUT2D eigenvalue weighted by Gasteiger charge is 2.15. The molecule has 1 N–H and O–H groups in total. The van der Waals surface area contributed by atoms with Gasteiger partial charge in [0.2, 0.25) is 0 Å². The Bertz CT molecular complexity index is 443. The van der Waals surface area contributed by atoms with Crippen molar-refractivity contribution in [3.63, 3.8) is 0 Å². The minimum absolute atomic E-state index is 0.142. The molecule has 0 amide bonds. The van der Waals surface area contributed by atoms with E-state index in [1.54, 1.807) is 7.11 Å². The molecule has 0 aliphatic rings. The van der Waals surface area contributed by atoms with Crippen molar-refractivity contribution in [1.29, 1.82) is 0 Å². The Kier molecular flexibility index (Phi) is 5.83. The number of nitrogens with one attached hydrogen (secondary N) is 1. The van der Waals surface area contributed by atoms with E-state index in [2.05, 4.69) is 23.0 Å². The van der Waals surface area contributed by atoms with Gasteiger partial charge in [0.15, 0.2) is 0 Å². The Balaban J connectivity index is 2.92. The summed E-state index contributed by atoms with van der Waals surface area (Å²) in [5.41, 5.74) is 3.46. The van der Waals surface area contributed by atoms with Crippen LogP contribution in [0.15, 0.2) is 12.1 Å². The molecule has 0 heterocycles. The van der Waals surface area contributed by atoms with Gasteiger partial charge in [-0.1, -0.05) is 6.07 Å². The number of rotatable bonds is 6. The molecule has 1 unspecified atom stereocenters. The number of esters is 1. The molecule has 0 saturated heterocycles. The monoisotopic (exact) mass is 265 g/mol. The first kappa shape index (κ1) is 15.5. The molecule has 106 valence electrons. The van der Waals surface area contributed by atoms with E-state index in [0.717, 1.165) is 23.3 Å². The molecule has 0 spiro atoms. The number of carbonyl (C=O) groups is 1. The third kappa shape index (κ3) is 3.96. The number of hydrogen-bond acceptors (Lipinski definition) is 4. The van der Waals surface area contributed by atoms with Crippen LogP contribution in [-0.2, 0) is 9.53 Å². The van der Waals surface area contributed by atoms with Crippen LogP contribution in [0.5, 0.6) is 5.75 Å². The molecule has 0 aliphatic heterocycles. The molecule has 4 heteroatoms. The lowest BCUT2D eigenvalue weighted by Gasteiger charge is -2.20. The third-order valence-corrected chi connectivity index (χ3v) is 3.37. The van der Waals surface area contributed by atoms with Gasteiger partial charge in [0, 0.05) is 12.5 Å². The summed E-state index contributed by atoms with van der Waals surface area (Å²) in [6, 6.07) is 4.29. The number of hydrogen-bond donors (Lipinski definition) is 1. The number of methoxy groups -OCH3 is 2. The van der Waals surface area contributed by atoms with Gasteiger partial charge in [-0.25, -0.2) is 0 Å². The van der Waals surface area contributed by atoms with Gasteiger partial charge in [0.05, 0.1) is 14.2 Å². The highest BCUT2D eigenvalue weighted by molar-refractivity contribution is 5.69. The van der Waals surface area contributed by atoms with Crippen molar-refractivity contribution in [2.45, 2.75) is 32.7 Å². The van der Waals surface area contributed by atoms with Crippen LogP contribution in [0.1, 0.15) is 35.6 Å². The van der Waals surface area contributed by atoms with Gasteiger partial charge in [-0.2, -0.15) is 0 Å². The van der Waals surface area contributed by atoms with E-state index in [0.29, 0.717) is 6.42 Å². The molecule has 0 fully saturated rings. The van der Waals surface area contributed by atoms with Crippen LogP contribution in [-0.4, -0.2) is 27.2 Å². The minimum atomic E-state index is -0.178.